The molecule has 0 aliphatic carbocycles. The fourth-order valence-corrected chi connectivity index (χ4v) is 2.38. The van der Waals surface area contributed by atoms with Crippen LogP contribution < -0.4 is 26.8 Å². The van der Waals surface area contributed by atoms with E-state index in [1.165, 1.54) is 7.05 Å². The van der Waals surface area contributed by atoms with Gasteiger partial charge >= 0.3 is 0 Å². The summed E-state index contributed by atoms with van der Waals surface area (Å²) in [5.74, 6) is -1.52. The Kier molecular flexibility index (Phi) is 5.28. The molecule has 0 aliphatic heterocycles. The summed E-state index contributed by atoms with van der Waals surface area (Å²) < 4.78 is 39.7. The molecule has 7 N–H and O–H groups in total. The minimum atomic E-state index is -3.99. The van der Waals surface area contributed by atoms with Gasteiger partial charge in [-0.3, -0.25) is 0 Å². The molecule has 1 aromatic carbocycles. The Bertz CT molecular complexity index is 724. The zero-order valence-electron chi connectivity index (χ0n) is 12.3. The summed E-state index contributed by atoms with van der Waals surface area (Å²) in [5, 5.41) is 0. The molecule has 0 amide bonds. The number of hydrogen-bond acceptors (Lipinski definition) is 4. The fraction of sp³-hybridized carbons (Fsp3) is 0.273. The normalized spacial score (nSPS) is 12.1. The maximum atomic E-state index is 14.0. The van der Waals surface area contributed by atoms with E-state index in [0.717, 1.165) is 12.1 Å². The SMILES string of the molecule is CNS(=O)(=O)c1cc(N=C(N)N=C(N)N)c(N(C)C)cc1F. The van der Waals surface area contributed by atoms with Crippen molar-refractivity contribution in [2.45, 2.75) is 4.90 Å². The van der Waals surface area contributed by atoms with Gasteiger partial charge in [0.15, 0.2) is 5.96 Å². The first kappa shape index (κ1) is 17.7. The van der Waals surface area contributed by atoms with E-state index >= 15 is 0 Å². The summed E-state index contributed by atoms with van der Waals surface area (Å²) in [5.41, 5.74) is 16.3. The third kappa shape index (κ3) is 4.05. The average Bonchev–Trinajstić information content (AvgIpc) is 2.38. The molecule has 0 bridgehead atoms. The molecule has 0 spiro atoms. The Morgan fingerprint density at radius 1 is 1.27 bits per heavy atom. The van der Waals surface area contributed by atoms with Crippen molar-refractivity contribution < 1.29 is 12.8 Å². The lowest BCUT2D eigenvalue weighted by molar-refractivity contribution is 0.561. The molecule has 122 valence electrons. The lowest BCUT2D eigenvalue weighted by Gasteiger charge is -2.17. The van der Waals surface area contributed by atoms with E-state index in [4.69, 9.17) is 17.2 Å². The molecule has 22 heavy (non-hydrogen) atoms. The molecule has 11 heteroatoms. The van der Waals surface area contributed by atoms with Gasteiger partial charge in [0.2, 0.25) is 16.0 Å². The van der Waals surface area contributed by atoms with Crippen molar-refractivity contribution in [3.05, 3.63) is 17.9 Å². The van der Waals surface area contributed by atoms with Crippen LogP contribution >= 0.6 is 0 Å². The van der Waals surface area contributed by atoms with Gasteiger partial charge in [-0.2, -0.15) is 4.99 Å². The number of nitrogens with zero attached hydrogens (tertiary/aromatic N) is 3. The summed E-state index contributed by atoms with van der Waals surface area (Å²) in [4.78, 5) is 8.43. The Morgan fingerprint density at radius 3 is 2.32 bits per heavy atom. The van der Waals surface area contributed by atoms with Crippen LogP contribution in [-0.2, 0) is 10.0 Å². The van der Waals surface area contributed by atoms with Gasteiger partial charge in [0, 0.05) is 20.2 Å². The molecule has 0 aromatic heterocycles. The maximum Gasteiger partial charge on any atom is 0.243 e. The van der Waals surface area contributed by atoms with Crippen LogP contribution in [0.15, 0.2) is 27.0 Å². The van der Waals surface area contributed by atoms with Crippen molar-refractivity contribution in [3.8, 4) is 0 Å². The van der Waals surface area contributed by atoms with Crippen LogP contribution in [0.5, 0.6) is 0 Å². The van der Waals surface area contributed by atoms with E-state index in [1.54, 1.807) is 19.0 Å². The number of anilines is 1. The third-order valence-corrected chi connectivity index (χ3v) is 3.98. The molecule has 1 aromatic rings. The molecule has 0 radical (unpaired) electrons. The second-order valence-corrected chi connectivity index (χ2v) is 6.23. The Morgan fingerprint density at radius 2 is 1.86 bits per heavy atom. The van der Waals surface area contributed by atoms with Gasteiger partial charge in [0.1, 0.15) is 10.7 Å². The van der Waals surface area contributed by atoms with Gasteiger partial charge in [0.05, 0.1) is 11.4 Å². The number of halogens is 1. The first-order valence-electron chi connectivity index (χ1n) is 5.96. The van der Waals surface area contributed by atoms with E-state index in [0.29, 0.717) is 5.69 Å². The monoisotopic (exact) mass is 331 g/mol. The maximum absolute atomic E-state index is 14.0. The molecular formula is C11H18FN7O2S. The summed E-state index contributed by atoms with van der Waals surface area (Å²) in [6.07, 6.45) is 0. The molecule has 0 heterocycles. The summed E-state index contributed by atoms with van der Waals surface area (Å²) >= 11 is 0. The van der Waals surface area contributed by atoms with Crippen molar-refractivity contribution >= 4 is 33.3 Å². The molecule has 0 aliphatic rings. The molecule has 0 fully saturated rings. The van der Waals surface area contributed by atoms with Crippen molar-refractivity contribution in [2.24, 2.45) is 27.2 Å². The van der Waals surface area contributed by atoms with Gasteiger partial charge < -0.3 is 22.1 Å². The van der Waals surface area contributed by atoms with Crippen LogP contribution in [0.25, 0.3) is 0 Å². The minimum Gasteiger partial charge on any atom is -0.376 e. The van der Waals surface area contributed by atoms with Crippen molar-refractivity contribution in [2.75, 3.05) is 26.0 Å². The largest absolute Gasteiger partial charge is 0.376 e. The Labute approximate surface area is 127 Å². The zero-order chi connectivity index (χ0) is 17.1. The number of guanidine groups is 2. The van der Waals surface area contributed by atoms with Crippen LogP contribution in [0, 0.1) is 5.82 Å². The van der Waals surface area contributed by atoms with E-state index in [2.05, 4.69) is 9.98 Å². The topological polar surface area (TPSA) is 152 Å². The highest BCUT2D eigenvalue weighted by molar-refractivity contribution is 7.89. The second kappa shape index (κ2) is 6.58. The number of benzene rings is 1. The Hall–Kier alpha value is -2.40. The summed E-state index contributed by atoms with van der Waals surface area (Å²) in [6, 6.07) is 2.08. The summed E-state index contributed by atoms with van der Waals surface area (Å²) in [6.45, 7) is 0. The molecule has 0 saturated heterocycles. The number of hydrogen-bond donors (Lipinski definition) is 4. The van der Waals surface area contributed by atoms with Gasteiger partial charge in [-0.1, -0.05) is 0 Å². The first-order valence-corrected chi connectivity index (χ1v) is 7.45. The van der Waals surface area contributed by atoms with Crippen molar-refractivity contribution in [3.63, 3.8) is 0 Å². The number of nitrogens with two attached hydrogens (primary N) is 3. The predicted octanol–water partition coefficient (Wildman–Crippen LogP) is -0.981. The van der Waals surface area contributed by atoms with Gasteiger partial charge in [0.25, 0.3) is 0 Å². The van der Waals surface area contributed by atoms with Crippen LogP contribution in [0.2, 0.25) is 0 Å². The average molecular weight is 331 g/mol. The van der Waals surface area contributed by atoms with Gasteiger partial charge in [-0.15, -0.1) is 0 Å². The smallest absolute Gasteiger partial charge is 0.243 e. The summed E-state index contributed by atoms with van der Waals surface area (Å²) in [7, 11) is 0.452. The molecule has 0 atom stereocenters. The minimum absolute atomic E-state index is 0.0997. The van der Waals surface area contributed by atoms with Crippen LogP contribution in [0.4, 0.5) is 15.8 Å². The fourth-order valence-electron chi connectivity index (χ4n) is 1.58. The van der Waals surface area contributed by atoms with E-state index in [-0.39, 0.29) is 17.6 Å². The van der Waals surface area contributed by atoms with E-state index in [1.807, 2.05) is 4.72 Å². The van der Waals surface area contributed by atoms with E-state index in [9.17, 15) is 12.8 Å². The molecular weight excluding hydrogens is 313 g/mol. The zero-order valence-corrected chi connectivity index (χ0v) is 13.1. The molecule has 9 nitrogen and oxygen atoms in total. The molecule has 0 saturated carbocycles. The van der Waals surface area contributed by atoms with E-state index < -0.39 is 20.7 Å². The van der Waals surface area contributed by atoms with Gasteiger partial charge in [-0.05, 0) is 13.1 Å². The van der Waals surface area contributed by atoms with Crippen LogP contribution in [0.1, 0.15) is 0 Å². The highest BCUT2D eigenvalue weighted by Crippen LogP contribution is 2.32. The number of rotatable bonds is 4. The second-order valence-electron chi connectivity index (χ2n) is 4.38. The van der Waals surface area contributed by atoms with Crippen LogP contribution in [0.3, 0.4) is 0 Å². The molecule has 0 unspecified atom stereocenters. The Balaban J connectivity index is 3.60. The number of sulfonamides is 1. The number of nitrogens with one attached hydrogen (secondary N) is 1. The first-order chi connectivity index (χ1) is 10.1. The van der Waals surface area contributed by atoms with Gasteiger partial charge in [-0.25, -0.2) is 22.5 Å². The molecule has 1 rings (SSSR count). The lowest BCUT2D eigenvalue weighted by atomic mass is 10.2. The third-order valence-electron chi connectivity index (χ3n) is 2.55. The van der Waals surface area contributed by atoms with Crippen molar-refractivity contribution in [1.29, 1.82) is 0 Å². The van der Waals surface area contributed by atoms with Crippen LogP contribution in [-0.4, -0.2) is 41.5 Å². The quantitative estimate of drug-likeness (QED) is 0.411. The number of aliphatic imine (C=N–C) groups is 2. The lowest BCUT2D eigenvalue weighted by Crippen LogP contribution is -2.26. The highest BCUT2D eigenvalue weighted by atomic mass is 32.2. The predicted molar refractivity (Wildman–Crippen MR) is 84.1 cm³/mol. The highest BCUT2D eigenvalue weighted by Gasteiger charge is 2.21. The van der Waals surface area contributed by atoms with Crippen molar-refractivity contribution in [1.82, 2.24) is 4.72 Å². The standard InChI is InChI=1S/C11H18FN7O2S/c1-16-22(20,21)9-5-7(17-11(15)18-10(13)14)8(19(2)3)4-6(9)12/h4-5,16H,1-3H3,(H6,13,14,15,17,18).